The zero-order valence-corrected chi connectivity index (χ0v) is 9.67. The van der Waals surface area contributed by atoms with Crippen molar-refractivity contribution in [1.29, 1.82) is 5.26 Å². The maximum atomic E-state index is 12.1. The van der Waals surface area contributed by atoms with Crippen LogP contribution in [0.5, 0.6) is 0 Å². The van der Waals surface area contributed by atoms with Gasteiger partial charge < -0.3 is 4.90 Å². The van der Waals surface area contributed by atoms with E-state index in [1.54, 1.807) is 0 Å². The van der Waals surface area contributed by atoms with E-state index in [0.717, 1.165) is 25.9 Å². The number of nitrogens with zero attached hydrogens (tertiary/aromatic N) is 2. The Kier molecular flexibility index (Phi) is 2.04. The van der Waals surface area contributed by atoms with Gasteiger partial charge in [0.25, 0.3) is 0 Å². The van der Waals surface area contributed by atoms with E-state index in [0.29, 0.717) is 5.41 Å². The quantitative estimate of drug-likeness (QED) is 0.676. The highest BCUT2D eigenvalue weighted by Crippen LogP contribution is 2.51. The first-order chi connectivity index (χ1) is 7.70. The summed E-state index contributed by atoms with van der Waals surface area (Å²) in [5, 5.41) is 9.00. The highest BCUT2D eigenvalue weighted by molar-refractivity contribution is 5.89. The van der Waals surface area contributed by atoms with Gasteiger partial charge in [0.15, 0.2) is 0 Å². The highest BCUT2D eigenvalue weighted by Gasteiger charge is 2.56. The summed E-state index contributed by atoms with van der Waals surface area (Å²) in [6, 6.07) is 2.20. The normalized spacial score (nSPS) is 29.3. The molecular weight excluding hydrogens is 200 g/mol. The van der Waals surface area contributed by atoms with E-state index in [9.17, 15) is 4.79 Å². The Balaban J connectivity index is 1.61. The molecule has 0 N–H and O–H groups in total. The van der Waals surface area contributed by atoms with Gasteiger partial charge in [0.2, 0.25) is 5.91 Å². The first kappa shape index (κ1) is 10.1. The summed E-state index contributed by atoms with van der Waals surface area (Å²) < 4.78 is 0. The van der Waals surface area contributed by atoms with E-state index in [1.807, 2.05) is 4.90 Å². The fourth-order valence-corrected chi connectivity index (χ4v) is 3.33. The van der Waals surface area contributed by atoms with Crippen molar-refractivity contribution in [3.8, 4) is 6.07 Å². The van der Waals surface area contributed by atoms with E-state index in [1.165, 1.54) is 32.1 Å². The van der Waals surface area contributed by atoms with Gasteiger partial charge in [-0.2, -0.15) is 5.26 Å². The standard InChI is InChI=1S/C13H18N2O/c14-8-13(6-7-13)11(16)15-9-12(10-15)4-2-1-3-5-12/h1-7,9-10H2. The molecule has 3 nitrogen and oxygen atoms in total. The number of carbonyl (C=O) groups excluding carboxylic acids is 1. The molecule has 1 aliphatic heterocycles. The Hall–Kier alpha value is -1.04. The van der Waals surface area contributed by atoms with Crippen LogP contribution in [0.3, 0.4) is 0 Å². The molecule has 0 aromatic heterocycles. The van der Waals surface area contributed by atoms with Gasteiger partial charge in [0.1, 0.15) is 5.41 Å². The SMILES string of the molecule is N#CC1(C(=O)N2CC3(CCCCC3)C2)CC1. The van der Waals surface area contributed by atoms with Gasteiger partial charge in [0, 0.05) is 18.5 Å². The van der Waals surface area contributed by atoms with Gasteiger partial charge in [-0.1, -0.05) is 19.3 Å². The Morgan fingerprint density at radius 1 is 1.06 bits per heavy atom. The van der Waals surface area contributed by atoms with Gasteiger partial charge in [0.05, 0.1) is 6.07 Å². The van der Waals surface area contributed by atoms with Crippen molar-refractivity contribution >= 4 is 5.91 Å². The average molecular weight is 218 g/mol. The molecule has 0 aromatic rings. The van der Waals surface area contributed by atoms with Crippen LogP contribution in [-0.2, 0) is 4.79 Å². The van der Waals surface area contributed by atoms with Crippen LogP contribution in [0.1, 0.15) is 44.9 Å². The Bertz CT molecular complexity index is 351. The lowest BCUT2D eigenvalue weighted by atomic mass is 9.68. The summed E-state index contributed by atoms with van der Waals surface area (Å²) >= 11 is 0. The van der Waals surface area contributed by atoms with Gasteiger partial charge in [-0.05, 0) is 25.7 Å². The van der Waals surface area contributed by atoms with Crippen LogP contribution >= 0.6 is 0 Å². The second kappa shape index (κ2) is 3.23. The van der Waals surface area contributed by atoms with E-state index < -0.39 is 5.41 Å². The Morgan fingerprint density at radius 3 is 2.19 bits per heavy atom. The maximum absolute atomic E-state index is 12.1. The number of hydrogen-bond donors (Lipinski definition) is 0. The molecule has 3 fully saturated rings. The highest BCUT2D eigenvalue weighted by atomic mass is 16.2. The van der Waals surface area contributed by atoms with Crippen LogP contribution in [0.15, 0.2) is 0 Å². The zero-order chi connectivity index (χ0) is 11.2. The third kappa shape index (κ3) is 1.36. The molecule has 3 aliphatic rings. The summed E-state index contributed by atoms with van der Waals surface area (Å²) in [5.74, 6) is 0.117. The summed E-state index contributed by atoms with van der Waals surface area (Å²) in [6.45, 7) is 1.85. The monoisotopic (exact) mass is 218 g/mol. The molecule has 1 spiro atoms. The van der Waals surface area contributed by atoms with Crippen molar-refractivity contribution in [2.75, 3.05) is 13.1 Å². The number of hydrogen-bond acceptors (Lipinski definition) is 2. The van der Waals surface area contributed by atoms with Crippen molar-refractivity contribution in [2.45, 2.75) is 44.9 Å². The van der Waals surface area contributed by atoms with E-state index >= 15 is 0 Å². The molecule has 0 aromatic carbocycles. The molecule has 1 saturated heterocycles. The minimum Gasteiger partial charge on any atom is -0.340 e. The molecule has 1 amide bonds. The molecular formula is C13H18N2O. The first-order valence-corrected chi connectivity index (χ1v) is 6.41. The topological polar surface area (TPSA) is 44.1 Å². The van der Waals surface area contributed by atoms with E-state index in [2.05, 4.69) is 6.07 Å². The van der Waals surface area contributed by atoms with Gasteiger partial charge >= 0.3 is 0 Å². The summed E-state index contributed by atoms with van der Waals surface area (Å²) in [4.78, 5) is 14.0. The lowest BCUT2D eigenvalue weighted by Crippen LogP contribution is -2.60. The predicted octanol–water partition coefficient (Wildman–Crippen LogP) is 2.08. The van der Waals surface area contributed by atoms with Crippen molar-refractivity contribution < 1.29 is 4.79 Å². The zero-order valence-electron chi connectivity index (χ0n) is 9.67. The third-order valence-electron chi connectivity index (χ3n) is 4.63. The van der Waals surface area contributed by atoms with Gasteiger partial charge in [-0.15, -0.1) is 0 Å². The Labute approximate surface area is 96.4 Å². The fraction of sp³-hybridized carbons (Fsp3) is 0.846. The maximum Gasteiger partial charge on any atom is 0.243 e. The molecule has 16 heavy (non-hydrogen) atoms. The van der Waals surface area contributed by atoms with E-state index in [-0.39, 0.29) is 5.91 Å². The lowest BCUT2D eigenvalue weighted by Gasteiger charge is -2.53. The molecule has 2 saturated carbocycles. The minimum absolute atomic E-state index is 0.117. The van der Waals surface area contributed by atoms with Crippen molar-refractivity contribution in [3.63, 3.8) is 0 Å². The molecule has 3 heteroatoms. The molecule has 0 atom stereocenters. The second-order valence-electron chi connectivity index (χ2n) is 5.92. The molecule has 3 rings (SSSR count). The van der Waals surface area contributed by atoms with Crippen molar-refractivity contribution in [2.24, 2.45) is 10.8 Å². The number of rotatable bonds is 1. The molecule has 1 heterocycles. The van der Waals surface area contributed by atoms with Crippen LogP contribution in [0, 0.1) is 22.2 Å². The first-order valence-electron chi connectivity index (χ1n) is 6.41. The van der Waals surface area contributed by atoms with Crippen LogP contribution in [-0.4, -0.2) is 23.9 Å². The van der Waals surface area contributed by atoms with Crippen LogP contribution < -0.4 is 0 Å². The van der Waals surface area contributed by atoms with Crippen LogP contribution in [0.25, 0.3) is 0 Å². The van der Waals surface area contributed by atoms with Crippen LogP contribution in [0.4, 0.5) is 0 Å². The minimum atomic E-state index is -0.601. The summed E-state index contributed by atoms with van der Waals surface area (Å²) in [6.07, 6.45) is 8.15. The largest absolute Gasteiger partial charge is 0.340 e. The molecule has 0 unspecified atom stereocenters. The number of likely N-dealkylation sites (tertiary alicyclic amines) is 1. The average Bonchev–Trinajstić information content (AvgIpc) is 3.07. The number of amides is 1. The van der Waals surface area contributed by atoms with Gasteiger partial charge in [-0.3, -0.25) is 4.79 Å². The summed E-state index contributed by atoms with van der Waals surface area (Å²) in [5.41, 5.74) is -0.157. The molecule has 2 aliphatic carbocycles. The molecule has 86 valence electrons. The van der Waals surface area contributed by atoms with Crippen LogP contribution in [0.2, 0.25) is 0 Å². The predicted molar refractivity (Wildman–Crippen MR) is 59.4 cm³/mol. The van der Waals surface area contributed by atoms with Crippen molar-refractivity contribution in [3.05, 3.63) is 0 Å². The fourth-order valence-electron chi connectivity index (χ4n) is 3.33. The molecule has 0 bridgehead atoms. The number of carbonyl (C=O) groups is 1. The van der Waals surface area contributed by atoms with E-state index in [4.69, 9.17) is 5.26 Å². The molecule has 0 radical (unpaired) electrons. The lowest BCUT2D eigenvalue weighted by molar-refractivity contribution is -0.149. The smallest absolute Gasteiger partial charge is 0.243 e. The third-order valence-corrected chi connectivity index (χ3v) is 4.63. The Morgan fingerprint density at radius 2 is 1.69 bits per heavy atom. The van der Waals surface area contributed by atoms with Gasteiger partial charge in [-0.25, -0.2) is 0 Å². The number of nitriles is 1. The summed E-state index contributed by atoms with van der Waals surface area (Å²) in [7, 11) is 0. The second-order valence-corrected chi connectivity index (χ2v) is 5.92. The van der Waals surface area contributed by atoms with Crippen molar-refractivity contribution in [1.82, 2.24) is 4.90 Å².